The van der Waals surface area contributed by atoms with Crippen molar-refractivity contribution < 1.29 is 14.3 Å². The third-order valence-electron chi connectivity index (χ3n) is 3.31. The number of ether oxygens (including phenoxy) is 1. The predicted octanol–water partition coefficient (Wildman–Crippen LogP) is 2.27. The van der Waals surface area contributed by atoms with Crippen LogP contribution in [0, 0.1) is 0 Å². The van der Waals surface area contributed by atoms with Crippen molar-refractivity contribution in [1.82, 2.24) is 10.7 Å². The Morgan fingerprint density at radius 2 is 1.92 bits per heavy atom. The van der Waals surface area contributed by atoms with E-state index in [0.717, 1.165) is 10.0 Å². The molecule has 2 amide bonds. The maximum absolute atomic E-state index is 11.7. The van der Waals surface area contributed by atoms with Crippen molar-refractivity contribution in [2.24, 2.45) is 5.10 Å². The molecule has 0 aliphatic rings. The SMILES string of the molecule is COc1ccc(Br)cc1/C=N\NC(=O)C(=O)NCCc1ccccc1. The van der Waals surface area contributed by atoms with Gasteiger partial charge < -0.3 is 10.1 Å². The third-order valence-corrected chi connectivity index (χ3v) is 3.80. The van der Waals surface area contributed by atoms with Crippen molar-refractivity contribution in [3.63, 3.8) is 0 Å². The summed E-state index contributed by atoms with van der Waals surface area (Å²) in [4.78, 5) is 23.4. The van der Waals surface area contributed by atoms with Crippen molar-refractivity contribution in [3.8, 4) is 5.75 Å². The normalized spacial score (nSPS) is 10.5. The highest BCUT2D eigenvalue weighted by atomic mass is 79.9. The second-order valence-corrected chi connectivity index (χ2v) is 5.99. The first-order chi connectivity index (χ1) is 12.1. The highest BCUT2D eigenvalue weighted by molar-refractivity contribution is 9.10. The second-order valence-electron chi connectivity index (χ2n) is 5.08. The zero-order chi connectivity index (χ0) is 18.1. The molecule has 0 atom stereocenters. The van der Waals surface area contributed by atoms with Crippen molar-refractivity contribution in [3.05, 3.63) is 64.1 Å². The molecule has 0 unspecified atom stereocenters. The minimum Gasteiger partial charge on any atom is -0.496 e. The number of nitrogens with one attached hydrogen (secondary N) is 2. The van der Waals surface area contributed by atoms with E-state index in [0.29, 0.717) is 24.3 Å². The van der Waals surface area contributed by atoms with Crippen LogP contribution in [0.3, 0.4) is 0 Å². The number of amides is 2. The van der Waals surface area contributed by atoms with E-state index in [-0.39, 0.29) is 0 Å². The number of halogens is 1. The van der Waals surface area contributed by atoms with Crippen LogP contribution in [0.2, 0.25) is 0 Å². The summed E-state index contributed by atoms with van der Waals surface area (Å²) >= 11 is 3.35. The molecule has 2 rings (SSSR count). The number of benzene rings is 2. The van der Waals surface area contributed by atoms with E-state index in [9.17, 15) is 9.59 Å². The number of carbonyl (C=O) groups is 2. The van der Waals surface area contributed by atoms with Gasteiger partial charge in [0, 0.05) is 16.6 Å². The van der Waals surface area contributed by atoms with Gasteiger partial charge in [-0.1, -0.05) is 46.3 Å². The van der Waals surface area contributed by atoms with Gasteiger partial charge in [0.25, 0.3) is 0 Å². The summed E-state index contributed by atoms with van der Waals surface area (Å²) in [6.45, 7) is 0.374. The standard InChI is InChI=1S/C18H18BrN3O3/c1-25-16-8-7-15(19)11-14(16)12-21-22-18(24)17(23)20-10-9-13-5-3-2-4-6-13/h2-8,11-12H,9-10H2,1H3,(H,20,23)(H,22,24)/b21-12-. The number of carbonyl (C=O) groups excluding carboxylic acids is 2. The maximum Gasteiger partial charge on any atom is 0.329 e. The Morgan fingerprint density at radius 3 is 2.64 bits per heavy atom. The Hall–Kier alpha value is -2.67. The van der Waals surface area contributed by atoms with Crippen molar-refractivity contribution in [2.75, 3.05) is 13.7 Å². The fraction of sp³-hybridized carbons (Fsp3) is 0.167. The molecule has 0 bridgehead atoms. The van der Waals surface area contributed by atoms with Crippen LogP contribution in [0.25, 0.3) is 0 Å². The molecule has 0 saturated heterocycles. The Labute approximate surface area is 154 Å². The van der Waals surface area contributed by atoms with Gasteiger partial charge in [-0.15, -0.1) is 0 Å². The van der Waals surface area contributed by atoms with Gasteiger partial charge in [-0.05, 0) is 30.2 Å². The molecule has 7 heteroatoms. The van der Waals surface area contributed by atoms with Gasteiger partial charge in [0.05, 0.1) is 13.3 Å². The fourth-order valence-electron chi connectivity index (χ4n) is 2.06. The molecule has 0 radical (unpaired) electrons. The topological polar surface area (TPSA) is 79.8 Å². The summed E-state index contributed by atoms with van der Waals surface area (Å²) in [5.74, 6) is -0.943. The molecule has 0 saturated carbocycles. The lowest BCUT2D eigenvalue weighted by Gasteiger charge is -2.05. The summed E-state index contributed by atoms with van der Waals surface area (Å²) < 4.78 is 6.04. The molecule has 2 N–H and O–H groups in total. The zero-order valence-corrected chi connectivity index (χ0v) is 15.2. The maximum atomic E-state index is 11.7. The van der Waals surface area contributed by atoms with Gasteiger partial charge >= 0.3 is 11.8 Å². The highest BCUT2D eigenvalue weighted by Gasteiger charge is 2.11. The third kappa shape index (κ3) is 6.04. The summed E-state index contributed by atoms with van der Waals surface area (Å²) in [7, 11) is 1.54. The van der Waals surface area contributed by atoms with Crippen LogP contribution >= 0.6 is 15.9 Å². The van der Waals surface area contributed by atoms with E-state index in [1.54, 1.807) is 19.2 Å². The molecular formula is C18H18BrN3O3. The van der Waals surface area contributed by atoms with Gasteiger partial charge in [0.1, 0.15) is 5.75 Å². The molecular weight excluding hydrogens is 386 g/mol. The largest absolute Gasteiger partial charge is 0.496 e. The molecule has 2 aromatic carbocycles. The summed E-state index contributed by atoms with van der Waals surface area (Å²) in [6.07, 6.45) is 2.07. The first kappa shape index (κ1) is 18.7. The van der Waals surface area contributed by atoms with Crippen LogP contribution in [-0.4, -0.2) is 31.7 Å². The van der Waals surface area contributed by atoms with Crippen LogP contribution in [0.5, 0.6) is 5.75 Å². The molecule has 0 aliphatic carbocycles. The van der Waals surface area contributed by atoms with Crippen LogP contribution in [0.15, 0.2) is 58.1 Å². The summed E-state index contributed by atoms with van der Waals surface area (Å²) in [5, 5.41) is 6.35. The number of hydrogen-bond acceptors (Lipinski definition) is 4. The minimum atomic E-state index is -0.821. The second kappa shape index (κ2) is 9.58. The summed E-state index contributed by atoms with van der Waals surface area (Å²) in [6, 6.07) is 15.1. The fourth-order valence-corrected chi connectivity index (χ4v) is 2.44. The molecule has 0 aliphatic heterocycles. The van der Waals surface area contributed by atoms with E-state index >= 15 is 0 Å². The molecule has 130 valence electrons. The van der Waals surface area contributed by atoms with Gasteiger partial charge in [-0.3, -0.25) is 9.59 Å². The van der Waals surface area contributed by atoms with Crippen molar-refractivity contribution in [1.29, 1.82) is 0 Å². The molecule has 0 spiro atoms. The lowest BCUT2D eigenvalue weighted by atomic mass is 10.1. The molecule has 0 heterocycles. The van der Waals surface area contributed by atoms with E-state index in [2.05, 4.69) is 31.8 Å². The molecule has 0 aromatic heterocycles. The molecule has 25 heavy (non-hydrogen) atoms. The van der Waals surface area contributed by atoms with Gasteiger partial charge in [0.2, 0.25) is 0 Å². The molecule has 6 nitrogen and oxygen atoms in total. The quantitative estimate of drug-likeness (QED) is 0.441. The average molecular weight is 404 g/mol. The monoisotopic (exact) mass is 403 g/mol. The number of rotatable bonds is 6. The van der Waals surface area contributed by atoms with Crippen molar-refractivity contribution >= 4 is 34.0 Å². The molecule has 0 fully saturated rings. The predicted molar refractivity (Wildman–Crippen MR) is 99.6 cm³/mol. The number of nitrogens with zero attached hydrogens (tertiary/aromatic N) is 1. The summed E-state index contributed by atoms with van der Waals surface area (Å²) in [5.41, 5.74) is 3.95. The Morgan fingerprint density at radius 1 is 1.16 bits per heavy atom. The minimum absolute atomic E-state index is 0.374. The first-order valence-corrected chi connectivity index (χ1v) is 8.38. The Bertz CT molecular complexity index is 763. The van der Waals surface area contributed by atoms with Crippen LogP contribution in [0.4, 0.5) is 0 Å². The lowest BCUT2D eigenvalue weighted by molar-refractivity contribution is -0.139. The lowest BCUT2D eigenvalue weighted by Crippen LogP contribution is -2.38. The van der Waals surface area contributed by atoms with Crippen molar-refractivity contribution in [2.45, 2.75) is 6.42 Å². The van der Waals surface area contributed by atoms with Gasteiger partial charge in [-0.2, -0.15) is 5.10 Å². The van der Waals surface area contributed by atoms with E-state index in [1.165, 1.54) is 6.21 Å². The zero-order valence-electron chi connectivity index (χ0n) is 13.7. The number of methoxy groups -OCH3 is 1. The molecule has 2 aromatic rings. The smallest absolute Gasteiger partial charge is 0.329 e. The van der Waals surface area contributed by atoms with Gasteiger partial charge in [0.15, 0.2) is 0 Å². The van der Waals surface area contributed by atoms with Gasteiger partial charge in [-0.25, -0.2) is 5.43 Å². The first-order valence-electron chi connectivity index (χ1n) is 7.59. The number of hydrogen-bond donors (Lipinski definition) is 2. The van der Waals surface area contributed by atoms with Crippen LogP contribution in [-0.2, 0) is 16.0 Å². The van der Waals surface area contributed by atoms with E-state index in [1.807, 2.05) is 36.4 Å². The highest BCUT2D eigenvalue weighted by Crippen LogP contribution is 2.21. The van der Waals surface area contributed by atoms with E-state index in [4.69, 9.17) is 4.74 Å². The van der Waals surface area contributed by atoms with E-state index < -0.39 is 11.8 Å². The van der Waals surface area contributed by atoms with Crippen LogP contribution in [0.1, 0.15) is 11.1 Å². The van der Waals surface area contributed by atoms with Crippen LogP contribution < -0.4 is 15.5 Å². The Kier molecular flexibility index (Phi) is 7.16. The average Bonchev–Trinajstić information content (AvgIpc) is 2.62. The Balaban J connectivity index is 1.81. The number of hydrazone groups is 1.